The molecule has 1 fully saturated rings. The summed E-state index contributed by atoms with van der Waals surface area (Å²) < 4.78 is 0. The second kappa shape index (κ2) is 6.29. The van der Waals surface area contributed by atoms with Crippen molar-refractivity contribution in [3.8, 4) is 0 Å². The summed E-state index contributed by atoms with van der Waals surface area (Å²) in [6.45, 7) is 9.91. The molecule has 2 rings (SSSR count). The fourth-order valence-electron chi connectivity index (χ4n) is 3.14. The van der Waals surface area contributed by atoms with Crippen LogP contribution in [0.5, 0.6) is 0 Å². The Bertz CT molecular complexity index is 554. The zero-order valence-electron chi connectivity index (χ0n) is 13.2. The molecule has 1 aromatic rings. The van der Waals surface area contributed by atoms with Crippen LogP contribution < -0.4 is 4.90 Å². The van der Waals surface area contributed by atoms with Gasteiger partial charge in [0.25, 0.3) is 0 Å². The molecule has 0 bridgehead atoms. The summed E-state index contributed by atoms with van der Waals surface area (Å²) in [5, 5.41) is 8.68. The van der Waals surface area contributed by atoms with Crippen LogP contribution >= 0.6 is 0 Å². The molecule has 1 aliphatic rings. The second-order valence-electron chi connectivity index (χ2n) is 6.29. The SMILES string of the molecule is Cc1cc(/C=C/C(=O)O)cnc1N1CC(C)CC(C)C1C. The summed E-state index contributed by atoms with van der Waals surface area (Å²) in [6, 6.07) is 2.48. The van der Waals surface area contributed by atoms with Gasteiger partial charge in [0.05, 0.1) is 0 Å². The van der Waals surface area contributed by atoms with Crippen LogP contribution in [0, 0.1) is 18.8 Å². The maximum absolute atomic E-state index is 10.6. The Morgan fingerprint density at radius 2 is 2.14 bits per heavy atom. The van der Waals surface area contributed by atoms with Crippen molar-refractivity contribution in [2.45, 2.75) is 40.2 Å². The smallest absolute Gasteiger partial charge is 0.328 e. The zero-order valence-corrected chi connectivity index (χ0v) is 13.2. The van der Waals surface area contributed by atoms with Crippen LogP contribution in [0.15, 0.2) is 18.3 Å². The minimum Gasteiger partial charge on any atom is -0.478 e. The average molecular weight is 288 g/mol. The van der Waals surface area contributed by atoms with Crippen LogP contribution in [-0.4, -0.2) is 28.6 Å². The standard InChI is InChI=1S/C17H24N2O2/c1-11-7-12(2)14(4)19(10-11)17-13(3)8-15(9-18-17)5-6-16(20)21/h5-6,8-9,11-12,14H,7,10H2,1-4H3,(H,20,21)/b6-5+. The molecule has 0 radical (unpaired) electrons. The number of pyridine rings is 1. The maximum Gasteiger partial charge on any atom is 0.328 e. The number of aryl methyl sites for hydroxylation is 1. The van der Waals surface area contributed by atoms with E-state index in [1.54, 1.807) is 12.3 Å². The molecule has 1 aliphatic heterocycles. The van der Waals surface area contributed by atoms with Crippen molar-refractivity contribution in [1.82, 2.24) is 4.98 Å². The molecule has 0 spiro atoms. The number of anilines is 1. The molecule has 0 aromatic carbocycles. The Kier molecular flexibility index (Phi) is 4.66. The molecule has 0 saturated carbocycles. The van der Waals surface area contributed by atoms with E-state index >= 15 is 0 Å². The van der Waals surface area contributed by atoms with Crippen LogP contribution in [0.25, 0.3) is 6.08 Å². The fraction of sp³-hybridized carbons (Fsp3) is 0.529. The van der Waals surface area contributed by atoms with Crippen molar-refractivity contribution in [2.75, 3.05) is 11.4 Å². The number of piperidine rings is 1. The molecule has 3 unspecified atom stereocenters. The van der Waals surface area contributed by atoms with Gasteiger partial charge in [0.2, 0.25) is 0 Å². The molecule has 0 amide bonds. The predicted octanol–water partition coefficient (Wildman–Crippen LogP) is 3.36. The van der Waals surface area contributed by atoms with Crippen molar-refractivity contribution in [2.24, 2.45) is 11.8 Å². The number of hydrogen-bond acceptors (Lipinski definition) is 3. The van der Waals surface area contributed by atoms with E-state index in [4.69, 9.17) is 5.11 Å². The van der Waals surface area contributed by atoms with Gasteiger partial charge in [-0.25, -0.2) is 9.78 Å². The molecule has 4 heteroatoms. The first kappa shape index (κ1) is 15.5. The Balaban J connectivity index is 2.26. The van der Waals surface area contributed by atoms with Crippen LogP contribution in [0.2, 0.25) is 0 Å². The van der Waals surface area contributed by atoms with Gasteiger partial charge in [-0.3, -0.25) is 0 Å². The number of rotatable bonds is 3. The van der Waals surface area contributed by atoms with Gasteiger partial charge in [-0.2, -0.15) is 0 Å². The Hall–Kier alpha value is -1.84. The van der Waals surface area contributed by atoms with Crippen molar-refractivity contribution >= 4 is 17.9 Å². The van der Waals surface area contributed by atoms with E-state index in [-0.39, 0.29) is 0 Å². The Morgan fingerprint density at radius 1 is 1.43 bits per heavy atom. The van der Waals surface area contributed by atoms with Gasteiger partial charge in [-0.1, -0.05) is 13.8 Å². The van der Waals surface area contributed by atoms with E-state index in [0.29, 0.717) is 17.9 Å². The first-order valence-electron chi connectivity index (χ1n) is 7.52. The molecule has 21 heavy (non-hydrogen) atoms. The first-order valence-corrected chi connectivity index (χ1v) is 7.52. The van der Waals surface area contributed by atoms with Crippen molar-refractivity contribution < 1.29 is 9.90 Å². The third kappa shape index (κ3) is 3.63. The minimum absolute atomic E-state index is 0.479. The van der Waals surface area contributed by atoms with E-state index in [1.807, 2.05) is 13.0 Å². The first-order chi connectivity index (χ1) is 9.88. The molecule has 4 nitrogen and oxygen atoms in total. The van der Waals surface area contributed by atoms with Gasteiger partial charge in [0.1, 0.15) is 5.82 Å². The highest BCUT2D eigenvalue weighted by Crippen LogP contribution is 2.32. The van der Waals surface area contributed by atoms with E-state index in [9.17, 15) is 4.79 Å². The zero-order chi connectivity index (χ0) is 15.6. The number of aromatic nitrogens is 1. The highest BCUT2D eigenvalue weighted by Gasteiger charge is 2.30. The summed E-state index contributed by atoms with van der Waals surface area (Å²) in [4.78, 5) is 17.5. The molecule has 0 aliphatic carbocycles. The molecule has 1 N–H and O–H groups in total. The van der Waals surface area contributed by atoms with Crippen LogP contribution in [0.4, 0.5) is 5.82 Å². The lowest BCUT2D eigenvalue weighted by Gasteiger charge is -2.42. The number of hydrogen-bond donors (Lipinski definition) is 1. The van der Waals surface area contributed by atoms with Crippen molar-refractivity contribution in [3.63, 3.8) is 0 Å². The third-order valence-electron chi connectivity index (χ3n) is 4.36. The molecule has 3 atom stereocenters. The van der Waals surface area contributed by atoms with Crippen LogP contribution in [0.3, 0.4) is 0 Å². The number of nitrogens with zero attached hydrogens (tertiary/aromatic N) is 2. The van der Waals surface area contributed by atoms with Gasteiger partial charge < -0.3 is 10.0 Å². The summed E-state index contributed by atoms with van der Waals surface area (Å²) in [5.74, 6) is 1.41. The van der Waals surface area contributed by atoms with E-state index < -0.39 is 5.97 Å². The number of aliphatic carboxylic acids is 1. The van der Waals surface area contributed by atoms with Crippen molar-refractivity contribution in [3.05, 3.63) is 29.5 Å². The molecule has 1 aromatic heterocycles. The lowest BCUT2D eigenvalue weighted by molar-refractivity contribution is -0.131. The summed E-state index contributed by atoms with van der Waals surface area (Å²) in [6.07, 6.45) is 5.73. The average Bonchev–Trinajstić information content (AvgIpc) is 2.41. The largest absolute Gasteiger partial charge is 0.478 e. The van der Waals surface area contributed by atoms with Gasteiger partial charge in [0, 0.05) is 24.9 Å². The number of carboxylic acids is 1. The lowest BCUT2D eigenvalue weighted by atomic mass is 9.86. The summed E-state index contributed by atoms with van der Waals surface area (Å²) >= 11 is 0. The van der Waals surface area contributed by atoms with Crippen molar-refractivity contribution in [1.29, 1.82) is 0 Å². The van der Waals surface area contributed by atoms with E-state index in [2.05, 4.69) is 30.7 Å². The minimum atomic E-state index is -0.941. The number of carboxylic acid groups (broad SMARTS) is 1. The summed E-state index contributed by atoms with van der Waals surface area (Å²) in [5.41, 5.74) is 1.92. The maximum atomic E-state index is 10.6. The van der Waals surface area contributed by atoms with E-state index in [0.717, 1.165) is 29.6 Å². The van der Waals surface area contributed by atoms with Gasteiger partial charge in [-0.15, -0.1) is 0 Å². The van der Waals surface area contributed by atoms with Crippen LogP contribution in [-0.2, 0) is 4.79 Å². The van der Waals surface area contributed by atoms with E-state index in [1.165, 1.54) is 6.42 Å². The summed E-state index contributed by atoms with van der Waals surface area (Å²) in [7, 11) is 0. The second-order valence-corrected chi connectivity index (χ2v) is 6.29. The van der Waals surface area contributed by atoms with Crippen LogP contribution in [0.1, 0.15) is 38.3 Å². The Labute approximate surface area is 126 Å². The quantitative estimate of drug-likeness (QED) is 0.867. The van der Waals surface area contributed by atoms with Gasteiger partial charge >= 0.3 is 5.97 Å². The monoisotopic (exact) mass is 288 g/mol. The highest BCUT2D eigenvalue weighted by molar-refractivity contribution is 5.85. The molecular weight excluding hydrogens is 264 g/mol. The normalized spacial score (nSPS) is 26.3. The van der Waals surface area contributed by atoms with Gasteiger partial charge in [0.15, 0.2) is 0 Å². The predicted molar refractivity (Wildman–Crippen MR) is 85.4 cm³/mol. The Morgan fingerprint density at radius 3 is 2.76 bits per heavy atom. The van der Waals surface area contributed by atoms with Gasteiger partial charge in [-0.05, 0) is 55.4 Å². The number of carbonyl (C=O) groups is 1. The molecule has 2 heterocycles. The third-order valence-corrected chi connectivity index (χ3v) is 4.36. The molecule has 1 saturated heterocycles. The molecular formula is C17H24N2O2. The topological polar surface area (TPSA) is 53.4 Å². The highest BCUT2D eigenvalue weighted by atomic mass is 16.4. The lowest BCUT2D eigenvalue weighted by Crippen LogP contribution is -2.46. The fourth-order valence-corrected chi connectivity index (χ4v) is 3.14. The molecule has 114 valence electrons.